The smallest absolute Gasteiger partial charge is 0.348 e. The number of benzene rings is 1. The molecule has 1 amide bonds. The number of nitrogens with one attached hydrogen (secondary N) is 1. The van der Waals surface area contributed by atoms with E-state index in [1.54, 1.807) is 46.0 Å². The summed E-state index contributed by atoms with van der Waals surface area (Å²) in [4.78, 5) is 54.7. The molecule has 0 fully saturated rings. The molecule has 0 bridgehead atoms. The molecular weight excluding hydrogens is 478 g/mol. The third-order valence-corrected chi connectivity index (χ3v) is 7.06. The summed E-state index contributed by atoms with van der Waals surface area (Å²) in [5, 5.41) is 3.99. The van der Waals surface area contributed by atoms with Gasteiger partial charge in [-0.25, -0.2) is 14.6 Å². The van der Waals surface area contributed by atoms with Crippen LogP contribution in [0.1, 0.15) is 45.9 Å². The number of hydrogen-bond donors (Lipinski definition) is 1. The number of ether oxygens (including phenoxy) is 2. The predicted molar refractivity (Wildman–Crippen MR) is 132 cm³/mol. The van der Waals surface area contributed by atoms with Crippen molar-refractivity contribution >= 4 is 56.8 Å². The molecule has 0 radical (unpaired) electrons. The molecule has 3 aromatic rings. The van der Waals surface area contributed by atoms with Crippen molar-refractivity contribution in [1.82, 2.24) is 9.55 Å². The van der Waals surface area contributed by atoms with E-state index in [9.17, 15) is 19.2 Å². The lowest BCUT2D eigenvalue weighted by Gasteiger charge is -2.09. The van der Waals surface area contributed by atoms with Crippen molar-refractivity contribution in [2.45, 2.75) is 32.3 Å². The summed E-state index contributed by atoms with van der Waals surface area (Å²) in [5.41, 5.74) is 0.991. The molecule has 11 heteroatoms. The maximum atomic E-state index is 12.6. The van der Waals surface area contributed by atoms with Crippen LogP contribution in [0.15, 0.2) is 34.2 Å². The number of carbonyl (C=O) groups excluding carboxylic acids is 3. The van der Waals surface area contributed by atoms with Gasteiger partial charge in [-0.1, -0.05) is 23.9 Å². The van der Waals surface area contributed by atoms with Crippen molar-refractivity contribution in [1.29, 1.82) is 0 Å². The number of anilines is 1. The Morgan fingerprint density at radius 3 is 2.50 bits per heavy atom. The van der Waals surface area contributed by atoms with Crippen molar-refractivity contribution in [2.75, 3.05) is 24.3 Å². The van der Waals surface area contributed by atoms with E-state index in [1.807, 2.05) is 6.07 Å². The Balaban J connectivity index is 1.73. The Hall–Kier alpha value is -3.18. The number of thioether (sulfide) groups is 1. The highest BCUT2D eigenvalue weighted by atomic mass is 32.2. The van der Waals surface area contributed by atoms with Gasteiger partial charge in [0.2, 0.25) is 5.91 Å². The Labute approximate surface area is 204 Å². The van der Waals surface area contributed by atoms with Crippen molar-refractivity contribution < 1.29 is 23.9 Å². The second-order valence-electron chi connectivity index (χ2n) is 7.12. The molecule has 2 heterocycles. The molecule has 0 aliphatic heterocycles. The predicted octanol–water partition coefficient (Wildman–Crippen LogP) is 3.78. The first-order valence-corrected chi connectivity index (χ1v) is 12.4. The number of aromatic nitrogens is 2. The fraction of sp³-hybridized carbons (Fsp3) is 0.348. The lowest BCUT2D eigenvalue weighted by molar-refractivity contribution is -0.115. The first kappa shape index (κ1) is 25.4. The van der Waals surface area contributed by atoms with E-state index in [0.717, 1.165) is 11.3 Å². The van der Waals surface area contributed by atoms with Crippen LogP contribution in [0.25, 0.3) is 10.9 Å². The van der Waals surface area contributed by atoms with Crippen LogP contribution in [0, 0.1) is 6.92 Å². The van der Waals surface area contributed by atoms with E-state index in [4.69, 9.17) is 9.47 Å². The molecule has 0 spiro atoms. The van der Waals surface area contributed by atoms with Crippen LogP contribution >= 0.6 is 23.1 Å². The highest BCUT2D eigenvalue weighted by molar-refractivity contribution is 7.99. The second-order valence-corrected chi connectivity index (χ2v) is 9.21. The molecule has 180 valence electrons. The highest BCUT2D eigenvalue weighted by Gasteiger charge is 2.27. The molecule has 3 rings (SSSR count). The van der Waals surface area contributed by atoms with E-state index in [-0.39, 0.29) is 46.5 Å². The zero-order valence-electron chi connectivity index (χ0n) is 19.3. The topological polar surface area (TPSA) is 117 Å². The van der Waals surface area contributed by atoms with Gasteiger partial charge in [-0.15, -0.1) is 11.3 Å². The first-order valence-electron chi connectivity index (χ1n) is 10.6. The minimum atomic E-state index is -0.619. The van der Waals surface area contributed by atoms with Gasteiger partial charge in [0.15, 0.2) is 5.16 Å². The van der Waals surface area contributed by atoms with Gasteiger partial charge in [0.05, 0.1) is 29.7 Å². The SMILES string of the molecule is CCOC(=O)c1sc(NC(=O)CCSc2nc3ccccc3c(=O)n2C)c(C(=O)OCC)c1C. The van der Waals surface area contributed by atoms with Gasteiger partial charge in [-0.3, -0.25) is 14.2 Å². The van der Waals surface area contributed by atoms with Crippen LogP contribution in [0.3, 0.4) is 0 Å². The number of nitrogens with zero attached hydrogens (tertiary/aromatic N) is 2. The van der Waals surface area contributed by atoms with Crippen molar-refractivity contribution in [3.63, 3.8) is 0 Å². The normalized spacial score (nSPS) is 10.8. The number of carbonyl (C=O) groups is 3. The van der Waals surface area contributed by atoms with Gasteiger partial charge < -0.3 is 14.8 Å². The zero-order valence-corrected chi connectivity index (χ0v) is 20.9. The standard InChI is InChI=1S/C23H25N3O6S2/c1-5-31-21(29)17-13(3)18(22(30)32-6-2)34-19(17)25-16(27)11-12-33-23-24-15-10-8-7-9-14(15)20(28)26(23)4/h7-10H,5-6,11-12H2,1-4H3,(H,25,27). The molecule has 0 atom stereocenters. The average molecular weight is 504 g/mol. The third kappa shape index (κ3) is 5.48. The molecule has 9 nitrogen and oxygen atoms in total. The van der Waals surface area contributed by atoms with Gasteiger partial charge in [0.25, 0.3) is 5.56 Å². The largest absolute Gasteiger partial charge is 0.462 e. The van der Waals surface area contributed by atoms with E-state index in [2.05, 4.69) is 10.3 Å². The molecule has 0 saturated carbocycles. The maximum Gasteiger partial charge on any atom is 0.348 e. The van der Waals surface area contributed by atoms with Crippen LogP contribution in [0.4, 0.5) is 5.00 Å². The monoisotopic (exact) mass is 503 g/mol. The minimum absolute atomic E-state index is 0.0985. The van der Waals surface area contributed by atoms with E-state index < -0.39 is 11.9 Å². The van der Waals surface area contributed by atoms with Crippen LogP contribution in [-0.2, 0) is 21.3 Å². The van der Waals surface area contributed by atoms with E-state index in [1.165, 1.54) is 16.3 Å². The fourth-order valence-corrected chi connectivity index (χ4v) is 5.21. The minimum Gasteiger partial charge on any atom is -0.462 e. The lowest BCUT2D eigenvalue weighted by Crippen LogP contribution is -2.20. The van der Waals surface area contributed by atoms with Gasteiger partial charge in [0, 0.05) is 19.2 Å². The van der Waals surface area contributed by atoms with E-state index in [0.29, 0.717) is 27.4 Å². The third-order valence-electron chi connectivity index (χ3n) is 4.84. The number of para-hydroxylation sites is 1. The molecular formula is C23H25N3O6S2. The Bertz CT molecular complexity index is 1300. The Kier molecular flexibility index (Phi) is 8.46. The van der Waals surface area contributed by atoms with Crippen molar-refractivity contribution in [3.05, 3.63) is 50.6 Å². The molecule has 0 aliphatic carbocycles. The van der Waals surface area contributed by atoms with Gasteiger partial charge in [-0.2, -0.15) is 0 Å². The van der Waals surface area contributed by atoms with Crippen LogP contribution in [0.5, 0.6) is 0 Å². The number of esters is 2. The van der Waals surface area contributed by atoms with Gasteiger partial charge >= 0.3 is 11.9 Å². The number of fused-ring (bicyclic) bond motifs is 1. The average Bonchev–Trinajstić information content (AvgIpc) is 3.13. The van der Waals surface area contributed by atoms with Gasteiger partial charge in [0.1, 0.15) is 9.88 Å². The zero-order chi connectivity index (χ0) is 24.8. The second kappa shape index (κ2) is 11.3. The fourth-order valence-electron chi connectivity index (χ4n) is 3.19. The molecule has 1 aromatic carbocycles. The quantitative estimate of drug-likeness (QED) is 0.266. The number of thiophene rings is 1. The summed E-state index contributed by atoms with van der Waals surface area (Å²) in [6.45, 7) is 5.33. The number of rotatable bonds is 9. The number of amides is 1. The number of hydrogen-bond acceptors (Lipinski definition) is 9. The van der Waals surface area contributed by atoms with E-state index >= 15 is 0 Å². The summed E-state index contributed by atoms with van der Waals surface area (Å²) >= 11 is 2.26. The lowest BCUT2D eigenvalue weighted by atomic mass is 10.1. The molecule has 1 N–H and O–H groups in total. The molecule has 0 unspecified atom stereocenters. The summed E-state index contributed by atoms with van der Waals surface area (Å²) < 4.78 is 11.6. The van der Waals surface area contributed by atoms with Crippen LogP contribution in [-0.4, -0.2) is 46.4 Å². The highest BCUT2D eigenvalue weighted by Crippen LogP contribution is 2.34. The summed E-state index contributed by atoms with van der Waals surface area (Å²) in [6, 6.07) is 7.09. The first-order chi connectivity index (χ1) is 16.3. The Morgan fingerprint density at radius 2 is 1.79 bits per heavy atom. The molecule has 34 heavy (non-hydrogen) atoms. The maximum absolute atomic E-state index is 12.6. The Morgan fingerprint density at radius 1 is 1.12 bits per heavy atom. The molecule has 0 saturated heterocycles. The summed E-state index contributed by atoms with van der Waals surface area (Å²) in [6.07, 6.45) is 0.0985. The van der Waals surface area contributed by atoms with Crippen LogP contribution < -0.4 is 10.9 Å². The van der Waals surface area contributed by atoms with Crippen molar-refractivity contribution in [2.24, 2.45) is 7.05 Å². The molecule has 0 aliphatic rings. The molecule has 2 aromatic heterocycles. The van der Waals surface area contributed by atoms with Crippen LogP contribution in [0.2, 0.25) is 0 Å². The summed E-state index contributed by atoms with van der Waals surface area (Å²) in [7, 11) is 1.64. The van der Waals surface area contributed by atoms with Gasteiger partial charge in [-0.05, 0) is 38.5 Å². The van der Waals surface area contributed by atoms with Crippen molar-refractivity contribution in [3.8, 4) is 0 Å². The summed E-state index contributed by atoms with van der Waals surface area (Å²) in [5.74, 6) is -1.17.